The third-order valence-corrected chi connectivity index (χ3v) is 6.50. The quantitative estimate of drug-likeness (QED) is 0.703. The van der Waals surface area contributed by atoms with E-state index in [0.29, 0.717) is 12.1 Å². The maximum absolute atomic E-state index is 4.26. The molecule has 0 bridgehead atoms. The molecule has 2 saturated carbocycles. The number of pyridine rings is 2. The van der Waals surface area contributed by atoms with Crippen molar-refractivity contribution in [3.8, 4) is 0 Å². The molecule has 4 rings (SSSR count). The molecule has 2 aliphatic carbocycles. The van der Waals surface area contributed by atoms with Gasteiger partial charge in [0.15, 0.2) is 0 Å². The molecule has 0 amide bonds. The molecule has 2 aliphatic rings. The summed E-state index contributed by atoms with van der Waals surface area (Å²) in [5.41, 5.74) is 2.65. The Kier molecular flexibility index (Phi) is 7.07. The molecule has 0 aromatic carbocycles. The van der Waals surface area contributed by atoms with Crippen LogP contribution in [0.25, 0.3) is 0 Å². The molecule has 0 saturated heterocycles. The predicted molar refractivity (Wildman–Crippen MR) is 114 cm³/mol. The molecule has 2 heterocycles. The van der Waals surface area contributed by atoms with Crippen molar-refractivity contribution in [2.75, 3.05) is 0 Å². The van der Waals surface area contributed by atoms with Gasteiger partial charge in [0.1, 0.15) is 0 Å². The van der Waals surface area contributed by atoms with Gasteiger partial charge in [-0.05, 0) is 61.1 Å². The standard InChI is InChI=1S/C24H34N4/c1-3-7-21(8-4-1)27-23(19-11-15-25-16-12-19)24(20-13-17-26-18-14-20)28-22-9-5-2-6-10-22/h11-18,21-24,27-28H,1-10H2/t23-,24+. The van der Waals surface area contributed by atoms with Crippen LogP contribution in [0.2, 0.25) is 0 Å². The summed E-state index contributed by atoms with van der Waals surface area (Å²) in [4.78, 5) is 8.53. The van der Waals surface area contributed by atoms with E-state index in [0.717, 1.165) is 0 Å². The van der Waals surface area contributed by atoms with E-state index in [2.05, 4.69) is 44.9 Å². The third kappa shape index (κ3) is 5.18. The lowest BCUT2D eigenvalue weighted by Gasteiger charge is -2.37. The van der Waals surface area contributed by atoms with Gasteiger partial charge < -0.3 is 10.6 Å². The first-order valence-electron chi connectivity index (χ1n) is 11.2. The van der Waals surface area contributed by atoms with Gasteiger partial charge in [-0.3, -0.25) is 9.97 Å². The second-order valence-corrected chi connectivity index (χ2v) is 8.52. The van der Waals surface area contributed by atoms with E-state index in [1.807, 2.05) is 24.8 Å². The summed E-state index contributed by atoms with van der Waals surface area (Å²) in [6.45, 7) is 0. The second-order valence-electron chi connectivity index (χ2n) is 8.52. The molecular formula is C24H34N4. The van der Waals surface area contributed by atoms with Crippen LogP contribution in [-0.4, -0.2) is 22.1 Å². The molecule has 2 aromatic rings. The van der Waals surface area contributed by atoms with Gasteiger partial charge in [-0.15, -0.1) is 0 Å². The van der Waals surface area contributed by atoms with Gasteiger partial charge >= 0.3 is 0 Å². The molecule has 150 valence electrons. The monoisotopic (exact) mass is 378 g/mol. The van der Waals surface area contributed by atoms with Crippen molar-refractivity contribution in [2.45, 2.75) is 88.4 Å². The molecule has 2 aromatic heterocycles. The van der Waals surface area contributed by atoms with Crippen LogP contribution in [0, 0.1) is 0 Å². The van der Waals surface area contributed by atoms with Gasteiger partial charge in [-0.1, -0.05) is 38.5 Å². The molecule has 2 N–H and O–H groups in total. The first kappa shape index (κ1) is 19.5. The zero-order valence-electron chi connectivity index (χ0n) is 16.9. The van der Waals surface area contributed by atoms with Crippen LogP contribution in [0.5, 0.6) is 0 Å². The van der Waals surface area contributed by atoms with Crippen LogP contribution in [-0.2, 0) is 0 Å². The molecule has 4 nitrogen and oxygen atoms in total. The first-order chi connectivity index (χ1) is 13.9. The van der Waals surface area contributed by atoms with E-state index in [4.69, 9.17) is 0 Å². The minimum Gasteiger partial charge on any atom is -0.306 e. The highest BCUT2D eigenvalue weighted by Gasteiger charge is 2.30. The second kappa shape index (κ2) is 10.1. The Hall–Kier alpha value is -1.78. The highest BCUT2D eigenvalue weighted by atomic mass is 15.1. The largest absolute Gasteiger partial charge is 0.306 e. The van der Waals surface area contributed by atoms with Crippen molar-refractivity contribution in [3.05, 3.63) is 60.2 Å². The van der Waals surface area contributed by atoms with E-state index in [-0.39, 0.29) is 12.1 Å². The average molecular weight is 379 g/mol. The summed E-state index contributed by atoms with van der Waals surface area (Å²) in [6, 6.07) is 10.4. The SMILES string of the molecule is c1cc([C@@H](NC2CCCCC2)[C@@H](NC2CCCCC2)c2ccncc2)ccn1. The number of hydrogen-bond acceptors (Lipinski definition) is 4. The lowest BCUT2D eigenvalue weighted by molar-refractivity contribution is 0.260. The molecule has 0 unspecified atom stereocenters. The molecule has 0 aliphatic heterocycles. The maximum Gasteiger partial charge on any atom is 0.0521 e. The van der Waals surface area contributed by atoms with Crippen LogP contribution in [0.3, 0.4) is 0 Å². The van der Waals surface area contributed by atoms with E-state index < -0.39 is 0 Å². The fourth-order valence-electron chi connectivity index (χ4n) is 4.96. The Morgan fingerprint density at radius 2 is 0.929 bits per heavy atom. The number of nitrogens with zero attached hydrogens (tertiary/aromatic N) is 2. The molecule has 2 atom stereocenters. The smallest absolute Gasteiger partial charge is 0.0521 e. The number of nitrogens with one attached hydrogen (secondary N) is 2. The highest BCUT2D eigenvalue weighted by molar-refractivity contribution is 5.25. The summed E-state index contributed by atoms with van der Waals surface area (Å²) < 4.78 is 0. The zero-order valence-corrected chi connectivity index (χ0v) is 16.9. The number of aromatic nitrogens is 2. The molecule has 4 heteroatoms. The van der Waals surface area contributed by atoms with Gasteiger partial charge in [-0.25, -0.2) is 0 Å². The number of hydrogen-bond donors (Lipinski definition) is 2. The predicted octanol–water partition coefficient (Wildman–Crippen LogP) is 5.10. The minimum absolute atomic E-state index is 0.246. The molecule has 28 heavy (non-hydrogen) atoms. The van der Waals surface area contributed by atoms with E-state index in [1.165, 1.54) is 75.3 Å². The first-order valence-corrected chi connectivity index (χ1v) is 11.2. The van der Waals surface area contributed by atoms with Crippen molar-refractivity contribution in [1.82, 2.24) is 20.6 Å². The Labute approximate surface area is 169 Å². The van der Waals surface area contributed by atoms with E-state index in [1.54, 1.807) is 0 Å². The van der Waals surface area contributed by atoms with Gasteiger partial charge in [0.2, 0.25) is 0 Å². The van der Waals surface area contributed by atoms with Crippen molar-refractivity contribution in [1.29, 1.82) is 0 Å². The summed E-state index contributed by atoms with van der Waals surface area (Å²) in [5, 5.41) is 8.10. The fraction of sp³-hybridized carbons (Fsp3) is 0.583. The summed E-state index contributed by atoms with van der Waals surface area (Å²) in [7, 11) is 0. The normalized spacial score (nSPS) is 21.3. The molecule has 0 spiro atoms. The minimum atomic E-state index is 0.246. The van der Waals surface area contributed by atoms with Gasteiger partial charge in [0, 0.05) is 36.9 Å². The molecular weight excluding hydrogens is 344 g/mol. The van der Waals surface area contributed by atoms with E-state index in [9.17, 15) is 0 Å². The fourth-order valence-corrected chi connectivity index (χ4v) is 4.96. The third-order valence-electron chi connectivity index (χ3n) is 6.50. The van der Waals surface area contributed by atoms with Gasteiger partial charge in [0.05, 0.1) is 12.1 Å². The Bertz CT molecular complexity index is 617. The van der Waals surface area contributed by atoms with Gasteiger partial charge in [0.25, 0.3) is 0 Å². The summed E-state index contributed by atoms with van der Waals surface area (Å²) in [6.07, 6.45) is 21.0. The summed E-state index contributed by atoms with van der Waals surface area (Å²) in [5.74, 6) is 0. The van der Waals surface area contributed by atoms with Crippen molar-refractivity contribution >= 4 is 0 Å². The molecule has 0 radical (unpaired) electrons. The van der Waals surface area contributed by atoms with Crippen LogP contribution in [0.15, 0.2) is 49.1 Å². The average Bonchev–Trinajstić information content (AvgIpc) is 2.79. The lowest BCUT2D eigenvalue weighted by Crippen LogP contribution is -2.44. The Morgan fingerprint density at radius 1 is 0.571 bits per heavy atom. The Morgan fingerprint density at radius 3 is 1.29 bits per heavy atom. The van der Waals surface area contributed by atoms with E-state index >= 15 is 0 Å². The lowest BCUT2D eigenvalue weighted by atomic mass is 9.88. The Balaban J connectivity index is 1.62. The van der Waals surface area contributed by atoms with Crippen molar-refractivity contribution in [3.63, 3.8) is 0 Å². The van der Waals surface area contributed by atoms with Gasteiger partial charge in [-0.2, -0.15) is 0 Å². The summed E-state index contributed by atoms with van der Waals surface area (Å²) >= 11 is 0. The van der Waals surface area contributed by atoms with Crippen LogP contribution in [0.1, 0.15) is 87.4 Å². The zero-order chi connectivity index (χ0) is 19.0. The number of rotatable bonds is 7. The van der Waals surface area contributed by atoms with Crippen molar-refractivity contribution in [2.24, 2.45) is 0 Å². The van der Waals surface area contributed by atoms with Crippen molar-refractivity contribution < 1.29 is 0 Å². The van der Waals surface area contributed by atoms with Crippen LogP contribution >= 0.6 is 0 Å². The van der Waals surface area contributed by atoms with Crippen LogP contribution in [0.4, 0.5) is 0 Å². The van der Waals surface area contributed by atoms with Crippen LogP contribution < -0.4 is 10.6 Å². The molecule has 2 fully saturated rings. The maximum atomic E-state index is 4.26. The topological polar surface area (TPSA) is 49.8 Å². The highest BCUT2D eigenvalue weighted by Crippen LogP contribution is 2.33.